The summed E-state index contributed by atoms with van der Waals surface area (Å²) in [7, 11) is 0. The van der Waals surface area contributed by atoms with Crippen LogP contribution >= 0.6 is 11.3 Å². The lowest BCUT2D eigenvalue weighted by Gasteiger charge is -2.30. The Hall–Kier alpha value is -2.60. The maximum absolute atomic E-state index is 13.2. The summed E-state index contributed by atoms with van der Waals surface area (Å²) in [6.07, 6.45) is 1.29. The Labute approximate surface area is 162 Å². The van der Waals surface area contributed by atoms with Gasteiger partial charge in [-0.1, -0.05) is 29.8 Å². The molecule has 4 rings (SSSR count). The van der Waals surface area contributed by atoms with Crippen molar-refractivity contribution in [2.75, 3.05) is 13.1 Å². The van der Waals surface area contributed by atoms with Crippen LogP contribution in [0.2, 0.25) is 0 Å². The molecule has 3 heterocycles. The van der Waals surface area contributed by atoms with Gasteiger partial charge in [-0.25, -0.2) is 0 Å². The van der Waals surface area contributed by atoms with Crippen LogP contribution < -0.4 is 5.73 Å². The number of hydrogen-bond donors (Lipinski definition) is 1. The number of benzene rings is 1. The molecular formula is C21H23N3O2S. The van der Waals surface area contributed by atoms with E-state index in [2.05, 4.69) is 47.2 Å². The van der Waals surface area contributed by atoms with Crippen LogP contribution in [0, 0.1) is 12.8 Å². The van der Waals surface area contributed by atoms with Gasteiger partial charge in [0.15, 0.2) is 0 Å². The highest BCUT2D eigenvalue weighted by atomic mass is 32.1. The molecule has 2 amide bonds. The van der Waals surface area contributed by atoms with E-state index < -0.39 is 0 Å². The average molecular weight is 382 g/mol. The highest BCUT2D eigenvalue weighted by Gasteiger charge is 2.28. The molecule has 1 fully saturated rings. The summed E-state index contributed by atoms with van der Waals surface area (Å²) < 4.78 is 2.12. The fraction of sp³-hybridized carbons (Fsp3) is 0.333. The van der Waals surface area contributed by atoms with Crippen molar-refractivity contribution in [1.29, 1.82) is 0 Å². The number of aromatic nitrogens is 1. The number of nitrogens with two attached hydrogens (primary N) is 1. The zero-order valence-electron chi connectivity index (χ0n) is 15.4. The molecule has 140 valence electrons. The van der Waals surface area contributed by atoms with Gasteiger partial charge in [0.1, 0.15) is 10.5 Å². The molecule has 0 radical (unpaired) electrons. The van der Waals surface area contributed by atoms with Gasteiger partial charge in [-0.3, -0.25) is 9.59 Å². The lowest BCUT2D eigenvalue weighted by Crippen LogP contribution is -2.42. The number of rotatable bonds is 4. The molecule has 0 atom stereocenters. The molecule has 0 saturated carbocycles. The maximum atomic E-state index is 13.2. The molecule has 0 bridgehead atoms. The highest BCUT2D eigenvalue weighted by Crippen LogP contribution is 2.28. The SMILES string of the molecule is Cc1ccc(Cn2c(C(=O)N3CCC(C(N)=O)CC3)cc3ccsc32)cc1. The fourth-order valence-electron chi connectivity index (χ4n) is 3.71. The minimum Gasteiger partial charge on any atom is -0.369 e. The molecule has 0 spiro atoms. The van der Waals surface area contributed by atoms with Gasteiger partial charge in [-0.2, -0.15) is 0 Å². The van der Waals surface area contributed by atoms with Gasteiger partial charge in [0.05, 0.1) is 0 Å². The Morgan fingerprint density at radius 3 is 2.52 bits per heavy atom. The first kappa shape index (κ1) is 17.8. The molecule has 1 aliphatic rings. The number of carbonyl (C=O) groups is 2. The monoisotopic (exact) mass is 381 g/mol. The van der Waals surface area contributed by atoms with Gasteiger partial charge in [0.2, 0.25) is 5.91 Å². The van der Waals surface area contributed by atoms with Crippen LogP contribution in [0.1, 0.15) is 34.5 Å². The normalized spacial score (nSPS) is 15.4. The Morgan fingerprint density at radius 1 is 1.15 bits per heavy atom. The van der Waals surface area contributed by atoms with E-state index in [1.54, 1.807) is 11.3 Å². The lowest BCUT2D eigenvalue weighted by molar-refractivity contribution is -0.123. The van der Waals surface area contributed by atoms with Crippen molar-refractivity contribution in [3.63, 3.8) is 0 Å². The number of likely N-dealkylation sites (tertiary alicyclic amines) is 1. The second-order valence-corrected chi connectivity index (χ2v) is 8.15. The molecular weight excluding hydrogens is 358 g/mol. The summed E-state index contributed by atoms with van der Waals surface area (Å²) in [4.78, 5) is 27.6. The van der Waals surface area contributed by atoms with Gasteiger partial charge in [-0.15, -0.1) is 11.3 Å². The number of primary amides is 1. The Kier molecular flexibility index (Phi) is 4.74. The van der Waals surface area contributed by atoms with E-state index in [1.165, 1.54) is 11.1 Å². The van der Waals surface area contributed by atoms with Crippen LogP contribution in [-0.4, -0.2) is 34.4 Å². The van der Waals surface area contributed by atoms with Crippen LogP contribution in [0.5, 0.6) is 0 Å². The third-order valence-electron chi connectivity index (χ3n) is 5.37. The van der Waals surface area contributed by atoms with Gasteiger partial charge >= 0.3 is 0 Å². The lowest BCUT2D eigenvalue weighted by atomic mass is 9.96. The van der Waals surface area contributed by atoms with Crippen molar-refractivity contribution in [3.8, 4) is 0 Å². The zero-order chi connectivity index (χ0) is 19.0. The molecule has 1 saturated heterocycles. The maximum Gasteiger partial charge on any atom is 0.270 e. The summed E-state index contributed by atoms with van der Waals surface area (Å²) in [6.45, 7) is 3.90. The number of piperidine rings is 1. The number of aryl methyl sites for hydroxylation is 1. The molecule has 27 heavy (non-hydrogen) atoms. The van der Waals surface area contributed by atoms with Crippen LogP contribution in [0.4, 0.5) is 0 Å². The van der Waals surface area contributed by atoms with E-state index in [9.17, 15) is 9.59 Å². The van der Waals surface area contributed by atoms with E-state index in [0.717, 1.165) is 15.9 Å². The predicted octanol–water partition coefficient (Wildman–Crippen LogP) is 3.40. The molecule has 2 aromatic heterocycles. The molecule has 0 unspecified atom stereocenters. The topological polar surface area (TPSA) is 68.3 Å². The Balaban J connectivity index is 1.61. The van der Waals surface area contributed by atoms with Gasteiger partial charge in [0.25, 0.3) is 5.91 Å². The predicted molar refractivity (Wildman–Crippen MR) is 108 cm³/mol. The first-order chi connectivity index (χ1) is 13.0. The summed E-state index contributed by atoms with van der Waals surface area (Å²) in [5.41, 5.74) is 8.53. The number of hydrogen-bond acceptors (Lipinski definition) is 3. The van der Waals surface area contributed by atoms with Crippen LogP contribution in [-0.2, 0) is 11.3 Å². The van der Waals surface area contributed by atoms with Crippen molar-refractivity contribution in [2.24, 2.45) is 11.7 Å². The van der Waals surface area contributed by atoms with Gasteiger partial charge in [-0.05, 0) is 42.8 Å². The summed E-state index contributed by atoms with van der Waals surface area (Å²) >= 11 is 1.66. The van der Waals surface area contributed by atoms with E-state index in [0.29, 0.717) is 32.5 Å². The van der Waals surface area contributed by atoms with E-state index in [-0.39, 0.29) is 17.7 Å². The average Bonchev–Trinajstić information content (AvgIpc) is 3.25. The second kappa shape index (κ2) is 7.19. The standard InChI is InChI=1S/C21H23N3O2S/c1-14-2-4-15(5-3-14)13-24-18(12-17-8-11-27-21(17)24)20(26)23-9-6-16(7-10-23)19(22)25/h2-5,8,11-12,16H,6-7,9-10,13H2,1H3,(H2,22,25). The Bertz CT molecular complexity index is 979. The molecule has 0 aliphatic carbocycles. The first-order valence-electron chi connectivity index (χ1n) is 9.24. The largest absolute Gasteiger partial charge is 0.369 e. The molecule has 5 nitrogen and oxygen atoms in total. The first-order valence-corrected chi connectivity index (χ1v) is 10.1. The number of nitrogens with zero attached hydrogens (tertiary/aromatic N) is 2. The number of thiophene rings is 1. The van der Waals surface area contributed by atoms with Crippen molar-refractivity contribution in [2.45, 2.75) is 26.3 Å². The molecule has 1 aliphatic heterocycles. The smallest absolute Gasteiger partial charge is 0.270 e. The minimum atomic E-state index is -0.259. The highest BCUT2D eigenvalue weighted by molar-refractivity contribution is 7.16. The summed E-state index contributed by atoms with van der Waals surface area (Å²) in [6, 6.07) is 12.5. The third-order valence-corrected chi connectivity index (χ3v) is 6.32. The number of amides is 2. The van der Waals surface area contributed by atoms with E-state index >= 15 is 0 Å². The molecule has 6 heteroatoms. The Morgan fingerprint density at radius 2 is 1.85 bits per heavy atom. The summed E-state index contributed by atoms with van der Waals surface area (Å²) in [5.74, 6) is -0.337. The third kappa shape index (κ3) is 3.49. The van der Waals surface area contributed by atoms with Crippen molar-refractivity contribution < 1.29 is 9.59 Å². The van der Waals surface area contributed by atoms with E-state index in [1.807, 2.05) is 11.0 Å². The number of carbonyl (C=O) groups excluding carboxylic acids is 2. The fourth-order valence-corrected chi connectivity index (χ4v) is 4.61. The van der Waals surface area contributed by atoms with Crippen molar-refractivity contribution in [1.82, 2.24) is 9.47 Å². The molecule has 3 aromatic rings. The van der Waals surface area contributed by atoms with E-state index in [4.69, 9.17) is 5.73 Å². The number of fused-ring (bicyclic) bond motifs is 1. The molecule has 2 N–H and O–H groups in total. The quantitative estimate of drug-likeness (QED) is 0.753. The molecule has 1 aromatic carbocycles. The van der Waals surface area contributed by atoms with Crippen molar-refractivity contribution in [3.05, 3.63) is 58.6 Å². The van der Waals surface area contributed by atoms with Gasteiger partial charge in [0, 0.05) is 30.9 Å². The second-order valence-electron chi connectivity index (χ2n) is 7.25. The summed E-state index contributed by atoms with van der Waals surface area (Å²) in [5, 5.41) is 3.16. The van der Waals surface area contributed by atoms with Gasteiger partial charge < -0.3 is 15.2 Å². The van der Waals surface area contributed by atoms with Crippen LogP contribution in [0.25, 0.3) is 10.2 Å². The van der Waals surface area contributed by atoms with Crippen LogP contribution in [0.15, 0.2) is 41.8 Å². The zero-order valence-corrected chi connectivity index (χ0v) is 16.2. The van der Waals surface area contributed by atoms with Crippen LogP contribution in [0.3, 0.4) is 0 Å². The van der Waals surface area contributed by atoms with Crippen molar-refractivity contribution >= 4 is 33.4 Å². The minimum absolute atomic E-state index is 0.0356.